The molecule has 0 aliphatic carbocycles. The van der Waals surface area contributed by atoms with Gasteiger partial charge in [-0.1, -0.05) is 30.3 Å². The number of carbonyl (C=O) groups excluding carboxylic acids is 2. The maximum absolute atomic E-state index is 12.8. The zero-order valence-electron chi connectivity index (χ0n) is 17.0. The van der Waals surface area contributed by atoms with E-state index in [1.807, 2.05) is 35.2 Å². The number of piperidine rings is 1. The number of amides is 2. The second kappa shape index (κ2) is 9.56. The van der Waals surface area contributed by atoms with Gasteiger partial charge in [-0.25, -0.2) is 0 Å². The van der Waals surface area contributed by atoms with Crippen molar-refractivity contribution in [3.63, 3.8) is 0 Å². The van der Waals surface area contributed by atoms with Crippen LogP contribution >= 0.6 is 0 Å². The zero-order valence-corrected chi connectivity index (χ0v) is 17.0. The molecule has 1 unspecified atom stereocenters. The van der Waals surface area contributed by atoms with Crippen LogP contribution in [0.2, 0.25) is 0 Å². The molecule has 0 aromatic heterocycles. The van der Waals surface area contributed by atoms with E-state index in [4.69, 9.17) is 4.74 Å². The number of aliphatic hydroxyl groups is 1. The van der Waals surface area contributed by atoms with Crippen molar-refractivity contribution in [3.8, 4) is 5.75 Å². The number of carbonyl (C=O) groups is 2. The van der Waals surface area contributed by atoms with Gasteiger partial charge in [0.25, 0.3) is 5.91 Å². The van der Waals surface area contributed by atoms with Crippen LogP contribution in [-0.4, -0.2) is 60.5 Å². The summed E-state index contributed by atoms with van der Waals surface area (Å²) in [5, 5.41) is 10.5. The van der Waals surface area contributed by atoms with E-state index in [2.05, 4.69) is 0 Å². The molecule has 1 atom stereocenters. The minimum absolute atomic E-state index is 0.0137. The standard InChI is InChI=1S/C23H28N2O4/c1-24(16-21(26)17-8-10-20(29-2)11-9-17)22(27)19-12-14-25(15-13-19)23(28)18-6-4-3-5-7-18/h3-11,19,21,26H,12-16H2,1-2H3. The van der Waals surface area contributed by atoms with Crippen LogP contribution in [0.3, 0.4) is 0 Å². The number of likely N-dealkylation sites (tertiary alicyclic amines) is 1. The number of rotatable bonds is 6. The third-order valence-corrected chi connectivity index (χ3v) is 5.48. The van der Waals surface area contributed by atoms with E-state index in [9.17, 15) is 14.7 Å². The predicted molar refractivity (Wildman–Crippen MR) is 111 cm³/mol. The van der Waals surface area contributed by atoms with Crippen molar-refractivity contribution in [2.45, 2.75) is 18.9 Å². The summed E-state index contributed by atoms with van der Waals surface area (Å²) in [6.45, 7) is 1.37. The van der Waals surface area contributed by atoms with Gasteiger partial charge in [0, 0.05) is 31.6 Å². The maximum Gasteiger partial charge on any atom is 0.253 e. The second-order valence-corrected chi connectivity index (χ2v) is 7.44. The van der Waals surface area contributed by atoms with Crippen LogP contribution in [0.25, 0.3) is 0 Å². The fourth-order valence-electron chi connectivity index (χ4n) is 3.69. The Morgan fingerprint density at radius 1 is 1.10 bits per heavy atom. The van der Waals surface area contributed by atoms with Crippen LogP contribution in [0.1, 0.15) is 34.9 Å². The van der Waals surface area contributed by atoms with Crippen LogP contribution < -0.4 is 4.74 Å². The molecule has 1 aliphatic heterocycles. The number of hydrogen-bond acceptors (Lipinski definition) is 4. The lowest BCUT2D eigenvalue weighted by molar-refractivity contribution is -0.136. The van der Waals surface area contributed by atoms with Gasteiger partial charge in [0.1, 0.15) is 5.75 Å². The van der Waals surface area contributed by atoms with E-state index in [-0.39, 0.29) is 24.3 Å². The zero-order chi connectivity index (χ0) is 20.8. The minimum atomic E-state index is -0.755. The molecule has 2 amide bonds. The van der Waals surface area contributed by atoms with Gasteiger partial charge < -0.3 is 19.6 Å². The highest BCUT2D eigenvalue weighted by Gasteiger charge is 2.30. The van der Waals surface area contributed by atoms with Gasteiger partial charge in [0.2, 0.25) is 5.91 Å². The Morgan fingerprint density at radius 2 is 1.72 bits per heavy atom. The van der Waals surface area contributed by atoms with Crippen LogP contribution in [-0.2, 0) is 4.79 Å². The Balaban J connectivity index is 1.51. The van der Waals surface area contributed by atoms with Crippen LogP contribution in [0.15, 0.2) is 54.6 Å². The fourth-order valence-corrected chi connectivity index (χ4v) is 3.69. The lowest BCUT2D eigenvalue weighted by Gasteiger charge is -2.33. The Kier molecular flexibility index (Phi) is 6.88. The van der Waals surface area contributed by atoms with Crippen LogP contribution in [0.5, 0.6) is 5.75 Å². The largest absolute Gasteiger partial charge is 0.497 e. The summed E-state index contributed by atoms with van der Waals surface area (Å²) in [4.78, 5) is 28.8. The lowest BCUT2D eigenvalue weighted by atomic mass is 9.94. The third-order valence-electron chi connectivity index (χ3n) is 5.48. The quantitative estimate of drug-likeness (QED) is 0.815. The summed E-state index contributed by atoms with van der Waals surface area (Å²) in [5.41, 5.74) is 1.42. The molecule has 1 fully saturated rings. The van der Waals surface area contributed by atoms with Gasteiger partial charge in [0.15, 0.2) is 0 Å². The Hall–Kier alpha value is -2.86. The average molecular weight is 396 g/mol. The molecule has 1 N–H and O–H groups in total. The van der Waals surface area contributed by atoms with Crippen LogP contribution in [0.4, 0.5) is 0 Å². The van der Waals surface area contributed by atoms with Crippen molar-refractivity contribution in [2.75, 3.05) is 33.8 Å². The number of likely N-dealkylation sites (N-methyl/N-ethyl adjacent to an activating group) is 1. The summed E-state index contributed by atoms with van der Waals surface area (Å²) >= 11 is 0. The molecule has 1 aliphatic rings. The Labute approximate surface area is 171 Å². The first-order chi connectivity index (χ1) is 14.0. The number of methoxy groups -OCH3 is 1. The molecule has 6 heteroatoms. The normalized spacial score (nSPS) is 15.6. The highest BCUT2D eigenvalue weighted by Crippen LogP contribution is 2.23. The molecule has 2 aromatic rings. The molecule has 6 nitrogen and oxygen atoms in total. The summed E-state index contributed by atoms with van der Waals surface area (Å²) in [6.07, 6.45) is 0.524. The first-order valence-electron chi connectivity index (χ1n) is 9.91. The molecule has 0 radical (unpaired) electrons. The van der Waals surface area contributed by atoms with E-state index in [0.717, 1.165) is 11.3 Å². The van der Waals surface area contributed by atoms with Crippen molar-refractivity contribution >= 4 is 11.8 Å². The molecule has 3 rings (SSSR count). The lowest BCUT2D eigenvalue weighted by Crippen LogP contribution is -2.44. The number of nitrogens with zero attached hydrogens (tertiary/aromatic N) is 2. The van der Waals surface area contributed by atoms with Crippen molar-refractivity contribution in [1.82, 2.24) is 9.80 Å². The highest BCUT2D eigenvalue weighted by molar-refractivity contribution is 5.94. The average Bonchev–Trinajstić information content (AvgIpc) is 2.78. The molecule has 0 spiro atoms. The highest BCUT2D eigenvalue weighted by atomic mass is 16.5. The summed E-state index contributed by atoms with van der Waals surface area (Å²) in [7, 11) is 3.31. The van der Waals surface area contributed by atoms with Gasteiger partial charge >= 0.3 is 0 Å². The van der Waals surface area contributed by atoms with E-state index in [1.54, 1.807) is 43.3 Å². The number of hydrogen-bond donors (Lipinski definition) is 1. The number of ether oxygens (including phenoxy) is 1. The first-order valence-corrected chi connectivity index (χ1v) is 9.91. The van der Waals surface area contributed by atoms with Crippen molar-refractivity contribution in [3.05, 3.63) is 65.7 Å². The molecular weight excluding hydrogens is 368 g/mol. The molecule has 2 aromatic carbocycles. The maximum atomic E-state index is 12.8. The Morgan fingerprint density at radius 3 is 2.31 bits per heavy atom. The summed E-state index contributed by atoms with van der Waals surface area (Å²) in [6, 6.07) is 16.4. The fraction of sp³-hybridized carbons (Fsp3) is 0.391. The van der Waals surface area contributed by atoms with Crippen molar-refractivity contribution < 1.29 is 19.4 Å². The third kappa shape index (κ3) is 5.15. The molecule has 1 saturated heterocycles. The van der Waals surface area contributed by atoms with E-state index >= 15 is 0 Å². The summed E-state index contributed by atoms with van der Waals surface area (Å²) in [5.74, 6) is 0.634. The van der Waals surface area contributed by atoms with E-state index < -0.39 is 6.10 Å². The first kappa shape index (κ1) is 20.9. The monoisotopic (exact) mass is 396 g/mol. The number of benzene rings is 2. The van der Waals surface area contributed by atoms with Gasteiger partial charge in [-0.15, -0.1) is 0 Å². The van der Waals surface area contributed by atoms with E-state index in [1.165, 1.54) is 0 Å². The SMILES string of the molecule is COc1ccc(C(O)CN(C)C(=O)C2CCN(C(=O)c3ccccc3)CC2)cc1. The Bertz CT molecular complexity index is 815. The van der Waals surface area contributed by atoms with Crippen molar-refractivity contribution in [1.29, 1.82) is 0 Å². The molecule has 0 saturated carbocycles. The molecule has 154 valence electrons. The van der Waals surface area contributed by atoms with Gasteiger partial charge in [0.05, 0.1) is 19.8 Å². The van der Waals surface area contributed by atoms with E-state index in [0.29, 0.717) is 31.5 Å². The number of aliphatic hydroxyl groups excluding tert-OH is 1. The molecule has 1 heterocycles. The van der Waals surface area contributed by atoms with Gasteiger partial charge in [-0.3, -0.25) is 9.59 Å². The van der Waals surface area contributed by atoms with Gasteiger partial charge in [-0.05, 0) is 42.7 Å². The topological polar surface area (TPSA) is 70.1 Å². The molecular formula is C23H28N2O4. The van der Waals surface area contributed by atoms with Gasteiger partial charge in [-0.2, -0.15) is 0 Å². The molecule has 29 heavy (non-hydrogen) atoms. The smallest absolute Gasteiger partial charge is 0.253 e. The van der Waals surface area contributed by atoms with Crippen LogP contribution in [0, 0.1) is 5.92 Å². The molecule has 0 bridgehead atoms. The second-order valence-electron chi connectivity index (χ2n) is 7.44. The predicted octanol–water partition coefficient (Wildman–Crippen LogP) is 2.74. The minimum Gasteiger partial charge on any atom is -0.497 e. The summed E-state index contributed by atoms with van der Waals surface area (Å²) < 4.78 is 5.13. The van der Waals surface area contributed by atoms with Crippen molar-refractivity contribution in [2.24, 2.45) is 5.92 Å².